The normalized spacial score (nSPS) is 11.0. The third kappa shape index (κ3) is 5.66. The summed E-state index contributed by atoms with van der Waals surface area (Å²) in [5.41, 5.74) is 0.618. The number of rotatable bonds is 7. The SMILES string of the molecule is CS(=O)(=O)c1ccc(C(=O)OCC(=O)NCCc2ccccc2F)cc1. The molecule has 0 saturated carbocycles. The average molecular weight is 379 g/mol. The zero-order valence-corrected chi connectivity index (χ0v) is 14.9. The highest BCUT2D eigenvalue weighted by atomic mass is 32.2. The Morgan fingerprint density at radius 3 is 2.35 bits per heavy atom. The maximum absolute atomic E-state index is 13.4. The number of amides is 1. The largest absolute Gasteiger partial charge is 0.452 e. The van der Waals surface area contributed by atoms with Gasteiger partial charge in [-0.15, -0.1) is 0 Å². The van der Waals surface area contributed by atoms with Crippen molar-refractivity contribution >= 4 is 21.7 Å². The number of ether oxygens (including phenoxy) is 1. The molecule has 0 spiro atoms. The van der Waals surface area contributed by atoms with Crippen molar-refractivity contribution in [3.05, 3.63) is 65.5 Å². The number of carbonyl (C=O) groups is 2. The Morgan fingerprint density at radius 1 is 1.08 bits per heavy atom. The molecular weight excluding hydrogens is 361 g/mol. The van der Waals surface area contributed by atoms with E-state index in [4.69, 9.17) is 4.74 Å². The van der Waals surface area contributed by atoms with Crippen LogP contribution in [0.15, 0.2) is 53.4 Å². The van der Waals surface area contributed by atoms with Crippen molar-refractivity contribution in [2.24, 2.45) is 0 Å². The number of hydrogen-bond donors (Lipinski definition) is 1. The van der Waals surface area contributed by atoms with E-state index in [-0.39, 0.29) is 22.8 Å². The van der Waals surface area contributed by atoms with E-state index in [0.29, 0.717) is 12.0 Å². The summed E-state index contributed by atoms with van der Waals surface area (Å²) in [5, 5.41) is 2.53. The van der Waals surface area contributed by atoms with Gasteiger partial charge in [0.1, 0.15) is 5.82 Å². The van der Waals surface area contributed by atoms with Gasteiger partial charge < -0.3 is 10.1 Å². The van der Waals surface area contributed by atoms with Crippen LogP contribution in [0, 0.1) is 5.82 Å². The fourth-order valence-corrected chi connectivity index (χ4v) is 2.77. The standard InChI is InChI=1S/C18H18FNO5S/c1-26(23,24)15-8-6-14(7-9-15)18(22)25-12-17(21)20-11-10-13-4-2-3-5-16(13)19/h2-9H,10-12H2,1H3,(H,20,21). The first-order valence-electron chi connectivity index (χ1n) is 7.75. The van der Waals surface area contributed by atoms with Crippen LogP contribution < -0.4 is 5.32 Å². The zero-order valence-electron chi connectivity index (χ0n) is 14.1. The Balaban J connectivity index is 1.78. The molecule has 1 amide bonds. The van der Waals surface area contributed by atoms with Crippen LogP contribution in [0.5, 0.6) is 0 Å². The highest BCUT2D eigenvalue weighted by Crippen LogP contribution is 2.11. The van der Waals surface area contributed by atoms with Crippen LogP contribution in [-0.4, -0.2) is 39.7 Å². The quantitative estimate of drug-likeness (QED) is 0.741. The molecule has 0 bridgehead atoms. The Bertz CT molecular complexity index is 894. The molecule has 0 heterocycles. The molecule has 0 fully saturated rings. The summed E-state index contributed by atoms with van der Waals surface area (Å²) < 4.78 is 41.0. The van der Waals surface area contributed by atoms with Gasteiger partial charge in [0.25, 0.3) is 5.91 Å². The molecule has 138 valence electrons. The monoisotopic (exact) mass is 379 g/mol. The molecule has 0 unspecified atom stereocenters. The molecular formula is C18H18FNO5S. The highest BCUT2D eigenvalue weighted by molar-refractivity contribution is 7.90. The van der Waals surface area contributed by atoms with Gasteiger partial charge in [-0.2, -0.15) is 0 Å². The van der Waals surface area contributed by atoms with Gasteiger partial charge >= 0.3 is 5.97 Å². The smallest absolute Gasteiger partial charge is 0.338 e. The van der Waals surface area contributed by atoms with Crippen molar-refractivity contribution in [1.82, 2.24) is 5.32 Å². The zero-order chi connectivity index (χ0) is 19.2. The van der Waals surface area contributed by atoms with E-state index in [9.17, 15) is 22.4 Å². The maximum atomic E-state index is 13.4. The lowest BCUT2D eigenvalue weighted by Gasteiger charge is -2.07. The molecule has 1 N–H and O–H groups in total. The first kappa shape index (κ1) is 19.6. The van der Waals surface area contributed by atoms with Gasteiger partial charge in [0.05, 0.1) is 10.5 Å². The second kappa shape index (κ2) is 8.57. The van der Waals surface area contributed by atoms with Crippen LogP contribution in [0.1, 0.15) is 15.9 Å². The second-order valence-electron chi connectivity index (χ2n) is 5.56. The Morgan fingerprint density at radius 2 is 1.73 bits per heavy atom. The number of sulfone groups is 1. The molecule has 8 heteroatoms. The van der Waals surface area contributed by atoms with E-state index in [0.717, 1.165) is 6.26 Å². The highest BCUT2D eigenvalue weighted by Gasteiger charge is 2.12. The Hall–Kier alpha value is -2.74. The molecule has 0 atom stereocenters. The molecule has 0 aromatic heterocycles. The third-order valence-corrected chi connectivity index (χ3v) is 4.66. The minimum absolute atomic E-state index is 0.0833. The number of nitrogens with one attached hydrogen (secondary N) is 1. The van der Waals surface area contributed by atoms with Crippen LogP contribution in [0.25, 0.3) is 0 Å². The van der Waals surface area contributed by atoms with E-state index < -0.39 is 28.3 Å². The van der Waals surface area contributed by atoms with Crippen molar-refractivity contribution in [1.29, 1.82) is 0 Å². The van der Waals surface area contributed by atoms with Crippen LogP contribution in [-0.2, 0) is 25.8 Å². The lowest BCUT2D eigenvalue weighted by Crippen LogP contribution is -2.30. The summed E-state index contributed by atoms with van der Waals surface area (Å²) in [6.45, 7) is -0.274. The topological polar surface area (TPSA) is 89.5 Å². The van der Waals surface area contributed by atoms with Crippen LogP contribution >= 0.6 is 0 Å². The predicted molar refractivity (Wildman–Crippen MR) is 92.9 cm³/mol. The van der Waals surface area contributed by atoms with E-state index in [1.54, 1.807) is 18.2 Å². The first-order chi connectivity index (χ1) is 12.3. The molecule has 0 radical (unpaired) electrons. The number of halogens is 1. The minimum atomic E-state index is -3.35. The fraction of sp³-hybridized carbons (Fsp3) is 0.222. The lowest BCUT2D eigenvalue weighted by atomic mass is 10.1. The van der Waals surface area contributed by atoms with Crippen LogP contribution in [0.3, 0.4) is 0 Å². The molecule has 6 nitrogen and oxygen atoms in total. The van der Waals surface area contributed by atoms with Gasteiger partial charge in [0.2, 0.25) is 0 Å². The summed E-state index contributed by atoms with van der Waals surface area (Å²) in [5.74, 6) is -1.59. The van der Waals surface area contributed by atoms with Gasteiger partial charge in [0, 0.05) is 12.8 Å². The molecule has 2 rings (SSSR count). The predicted octanol–water partition coefficient (Wildman–Crippen LogP) is 1.74. The van der Waals surface area contributed by atoms with Gasteiger partial charge in [-0.3, -0.25) is 4.79 Å². The van der Waals surface area contributed by atoms with Gasteiger partial charge in [-0.25, -0.2) is 17.6 Å². The molecule has 2 aromatic carbocycles. The van der Waals surface area contributed by atoms with Crippen molar-refractivity contribution in [3.63, 3.8) is 0 Å². The second-order valence-corrected chi connectivity index (χ2v) is 7.58. The van der Waals surface area contributed by atoms with Crippen molar-refractivity contribution in [2.45, 2.75) is 11.3 Å². The average Bonchev–Trinajstić information content (AvgIpc) is 2.60. The molecule has 0 aliphatic carbocycles. The van der Waals surface area contributed by atoms with Gasteiger partial charge in [-0.05, 0) is 42.3 Å². The van der Waals surface area contributed by atoms with Crippen molar-refractivity contribution in [2.75, 3.05) is 19.4 Å². The van der Waals surface area contributed by atoms with Gasteiger partial charge in [-0.1, -0.05) is 18.2 Å². The van der Waals surface area contributed by atoms with Gasteiger partial charge in [0.15, 0.2) is 16.4 Å². The van der Waals surface area contributed by atoms with Crippen molar-refractivity contribution in [3.8, 4) is 0 Å². The summed E-state index contributed by atoms with van der Waals surface area (Å²) in [4.78, 5) is 23.6. The Labute approximate surface area is 150 Å². The van der Waals surface area contributed by atoms with E-state index >= 15 is 0 Å². The summed E-state index contributed by atoms with van der Waals surface area (Å²) >= 11 is 0. The summed E-state index contributed by atoms with van der Waals surface area (Å²) in [6.07, 6.45) is 1.38. The summed E-state index contributed by atoms with van der Waals surface area (Å²) in [6, 6.07) is 11.5. The lowest BCUT2D eigenvalue weighted by molar-refractivity contribution is -0.124. The molecule has 0 saturated heterocycles. The van der Waals surface area contributed by atoms with E-state index in [2.05, 4.69) is 5.32 Å². The maximum Gasteiger partial charge on any atom is 0.338 e. The number of carbonyl (C=O) groups excluding carboxylic acids is 2. The minimum Gasteiger partial charge on any atom is -0.452 e. The molecule has 0 aliphatic heterocycles. The third-order valence-electron chi connectivity index (χ3n) is 3.53. The molecule has 26 heavy (non-hydrogen) atoms. The van der Waals surface area contributed by atoms with E-state index in [1.165, 1.54) is 30.3 Å². The fourth-order valence-electron chi connectivity index (χ4n) is 2.14. The van der Waals surface area contributed by atoms with Crippen LogP contribution in [0.4, 0.5) is 4.39 Å². The molecule has 0 aliphatic rings. The summed E-state index contributed by atoms with van der Waals surface area (Å²) in [7, 11) is -3.35. The Kier molecular flexibility index (Phi) is 6.46. The number of esters is 1. The van der Waals surface area contributed by atoms with Crippen molar-refractivity contribution < 1.29 is 27.1 Å². The number of benzene rings is 2. The molecule has 2 aromatic rings. The van der Waals surface area contributed by atoms with Crippen LogP contribution in [0.2, 0.25) is 0 Å². The first-order valence-corrected chi connectivity index (χ1v) is 9.64. The van der Waals surface area contributed by atoms with E-state index in [1.807, 2.05) is 0 Å². The number of hydrogen-bond acceptors (Lipinski definition) is 5.